The molecule has 0 spiro atoms. The molecule has 0 aliphatic rings. The molecule has 0 aliphatic carbocycles. The van der Waals surface area contributed by atoms with E-state index < -0.39 is 0 Å². The second kappa shape index (κ2) is 5.14. The van der Waals surface area contributed by atoms with Gasteiger partial charge in [0.1, 0.15) is 11.5 Å². The number of hydrogen-bond donors (Lipinski definition) is 1. The lowest BCUT2D eigenvalue weighted by atomic mass is 10.2. The van der Waals surface area contributed by atoms with E-state index in [4.69, 9.17) is 8.94 Å². The smallest absolute Gasteiger partial charge is 0.223 e. The van der Waals surface area contributed by atoms with Crippen molar-refractivity contribution in [2.24, 2.45) is 0 Å². The quantitative estimate of drug-likeness (QED) is 0.860. The first kappa shape index (κ1) is 11.9. The molecule has 0 amide bonds. The summed E-state index contributed by atoms with van der Waals surface area (Å²) in [6, 6.07) is 4.15. The van der Waals surface area contributed by atoms with Crippen LogP contribution in [0, 0.1) is 13.8 Å². The van der Waals surface area contributed by atoms with Gasteiger partial charge in [-0.05, 0) is 26.0 Å². The number of aryl methyl sites for hydroxylation is 2. The Labute approximate surface area is 100 Å². The van der Waals surface area contributed by atoms with E-state index in [1.165, 1.54) is 0 Å². The highest BCUT2D eigenvalue weighted by atomic mass is 16.5. The minimum Gasteiger partial charge on any atom is -0.465 e. The highest BCUT2D eigenvalue weighted by Gasteiger charge is 2.09. The lowest BCUT2D eigenvalue weighted by Crippen LogP contribution is -2.21. The zero-order chi connectivity index (χ0) is 12.3. The summed E-state index contributed by atoms with van der Waals surface area (Å²) in [5, 5.41) is 7.19. The van der Waals surface area contributed by atoms with Crippen LogP contribution in [-0.4, -0.2) is 16.7 Å². The zero-order valence-corrected chi connectivity index (χ0v) is 10.4. The molecule has 2 aromatic heterocycles. The molecule has 0 aromatic carbocycles. The monoisotopic (exact) mass is 235 g/mol. The van der Waals surface area contributed by atoms with Crippen LogP contribution in [0.1, 0.15) is 36.2 Å². The fraction of sp³-hybridized carbons (Fsp3) is 0.500. The van der Waals surface area contributed by atoms with E-state index in [9.17, 15) is 0 Å². The number of furan rings is 1. The van der Waals surface area contributed by atoms with E-state index in [2.05, 4.69) is 22.4 Å². The maximum atomic E-state index is 5.54. The summed E-state index contributed by atoms with van der Waals surface area (Å²) in [6.45, 7) is 6.59. The van der Waals surface area contributed by atoms with E-state index in [1.807, 2.05) is 19.1 Å². The van der Waals surface area contributed by atoms with Crippen molar-refractivity contribution in [1.82, 2.24) is 15.5 Å². The molecule has 2 heterocycles. The van der Waals surface area contributed by atoms with Gasteiger partial charge in [0, 0.05) is 19.9 Å². The molecule has 1 atom stereocenters. The summed E-state index contributed by atoms with van der Waals surface area (Å²) in [7, 11) is 0. The third-order valence-corrected chi connectivity index (χ3v) is 2.56. The first-order valence-electron chi connectivity index (χ1n) is 5.74. The summed E-state index contributed by atoms with van der Waals surface area (Å²) in [5.41, 5.74) is 0. The minimum absolute atomic E-state index is 0.191. The number of nitrogens with zero attached hydrogens (tertiary/aromatic N) is 2. The van der Waals surface area contributed by atoms with Gasteiger partial charge in [-0.15, -0.1) is 0 Å². The van der Waals surface area contributed by atoms with Crippen LogP contribution in [0.4, 0.5) is 0 Å². The molecular formula is C12H17N3O2. The summed E-state index contributed by atoms with van der Waals surface area (Å²) in [5.74, 6) is 3.22. The molecule has 5 heteroatoms. The van der Waals surface area contributed by atoms with Crippen molar-refractivity contribution in [3.05, 3.63) is 35.4 Å². The molecular weight excluding hydrogens is 218 g/mol. The van der Waals surface area contributed by atoms with Crippen molar-refractivity contribution >= 4 is 0 Å². The fourth-order valence-electron chi connectivity index (χ4n) is 1.63. The van der Waals surface area contributed by atoms with Crippen LogP contribution in [0.5, 0.6) is 0 Å². The predicted octanol–water partition coefficient (Wildman–Crippen LogP) is 2.17. The fourth-order valence-corrected chi connectivity index (χ4v) is 1.63. The highest BCUT2D eigenvalue weighted by Crippen LogP contribution is 2.15. The predicted molar refractivity (Wildman–Crippen MR) is 62.6 cm³/mol. The molecule has 0 saturated heterocycles. The summed E-state index contributed by atoms with van der Waals surface area (Å²) < 4.78 is 10.4. The van der Waals surface area contributed by atoms with Crippen LogP contribution in [0.2, 0.25) is 0 Å². The van der Waals surface area contributed by atoms with Gasteiger partial charge in [-0.1, -0.05) is 5.16 Å². The van der Waals surface area contributed by atoms with Gasteiger partial charge in [0.25, 0.3) is 0 Å². The number of rotatable bonds is 5. The lowest BCUT2D eigenvalue weighted by Gasteiger charge is -2.09. The van der Waals surface area contributed by atoms with Gasteiger partial charge in [-0.3, -0.25) is 0 Å². The molecule has 0 fully saturated rings. The molecule has 2 aromatic rings. The normalized spacial score (nSPS) is 12.9. The van der Waals surface area contributed by atoms with Gasteiger partial charge in [0.05, 0.1) is 6.04 Å². The lowest BCUT2D eigenvalue weighted by molar-refractivity contribution is 0.384. The maximum Gasteiger partial charge on any atom is 0.223 e. The Balaban J connectivity index is 1.78. The van der Waals surface area contributed by atoms with E-state index in [1.54, 1.807) is 6.92 Å². The number of aromatic nitrogens is 2. The van der Waals surface area contributed by atoms with Gasteiger partial charge >= 0.3 is 0 Å². The summed E-state index contributed by atoms with van der Waals surface area (Å²) in [4.78, 5) is 4.14. The van der Waals surface area contributed by atoms with Crippen molar-refractivity contribution in [2.45, 2.75) is 33.2 Å². The minimum atomic E-state index is 0.191. The Hall–Kier alpha value is -1.62. The Bertz CT molecular complexity index is 476. The first-order chi connectivity index (χ1) is 8.15. The molecule has 2 rings (SSSR count). The molecule has 1 unspecified atom stereocenters. The second-order valence-electron chi connectivity index (χ2n) is 4.10. The van der Waals surface area contributed by atoms with E-state index in [0.29, 0.717) is 5.89 Å². The average Bonchev–Trinajstić information content (AvgIpc) is 2.88. The van der Waals surface area contributed by atoms with Crippen molar-refractivity contribution in [3.8, 4) is 0 Å². The van der Waals surface area contributed by atoms with Crippen LogP contribution in [0.25, 0.3) is 0 Å². The molecule has 0 radical (unpaired) electrons. The molecule has 0 bridgehead atoms. The number of nitrogens with one attached hydrogen (secondary N) is 1. The molecule has 0 aliphatic heterocycles. The average molecular weight is 235 g/mol. The third kappa shape index (κ3) is 3.17. The topological polar surface area (TPSA) is 64.1 Å². The second-order valence-corrected chi connectivity index (χ2v) is 4.10. The zero-order valence-electron chi connectivity index (χ0n) is 10.4. The van der Waals surface area contributed by atoms with Crippen molar-refractivity contribution in [2.75, 3.05) is 6.54 Å². The number of hydrogen-bond acceptors (Lipinski definition) is 5. The molecule has 1 N–H and O–H groups in total. The molecule has 5 nitrogen and oxygen atoms in total. The van der Waals surface area contributed by atoms with E-state index >= 15 is 0 Å². The van der Waals surface area contributed by atoms with E-state index in [-0.39, 0.29) is 6.04 Å². The van der Waals surface area contributed by atoms with Crippen molar-refractivity contribution in [3.63, 3.8) is 0 Å². The van der Waals surface area contributed by atoms with Gasteiger partial charge in [0.2, 0.25) is 5.89 Å². The summed E-state index contributed by atoms with van der Waals surface area (Å²) in [6.07, 6.45) is 0.751. The first-order valence-corrected chi connectivity index (χ1v) is 5.74. The molecule has 17 heavy (non-hydrogen) atoms. The van der Waals surface area contributed by atoms with Crippen LogP contribution < -0.4 is 5.32 Å². The van der Waals surface area contributed by atoms with Crippen molar-refractivity contribution < 1.29 is 8.94 Å². The van der Waals surface area contributed by atoms with Gasteiger partial charge in [-0.2, -0.15) is 4.98 Å². The summed E-state index contributed by atoms with van der Waals surface area (Å²) >= 11 is 0. The standard InChI is InChI=1S/C12H17N3O2/c1-8-4-5-11(16-8)9(2)13-7-6-12-14-10(3)17-15-12/h4-5,9,13H,6-7H2,1-3H3. The Morgan fingerprint density at radius 3 is 2.76 bits per heavy atom. The van der Waals surface area contributed by atoms with Crippen LogP contribution in [0.3, 0.4) is 0 Å². The highest BCUT2D eigenvalue weighted by molar-refractivity contribution is 5.08. The van der Waals surface area contributed by atoms with Gasteiger partial charge < -0.3 is 14.3 Å². The van der Waals surface area contributed by atoms with Crippen LogP contribution in [0.15, 0.2) is 21.1 Å². The van der Waals surface area contributed by atoms with Crippen LogP contribution in [-0.2, 0) is 6.42 Å². The van der Waals surface area contributed by atoms with Gasteiger partial charge in [-0.25, -0.2) is 0 Å². The maximum absolute atomic E-state index is 5.54. The Morgan fingerprint density at radius 2 is 2.18 bits per heavy atom. The SMILES string of the molecule is Cc1ccc(C(C)NCCc2noc(C)n2)o1. The Morgan fingerprint density at radius 1 is 1.35 bits per heavy atom. The third-order valence-electron chi connectivity index (χ3n) is 2.56. The van der Waals surface area contributed by atoms with E-state index in [0.717, 1.165) is 30.3 Å². The van der Waals surface area contributed by atoms with Crippen LogP contribution >= 0.6 is 0 Å². The largest absolute Gasteiger partial charge is 0.465 e. The molecule has 0 saturated carbocycles. The molecule has 92 valence electrons. The van der Waals surface area contributed by atoms with Gasteiger partial charge in [0.15, 0.2) is 5.82 Å². The Kier molecular flexibility index (Phi) is 3.58. The van der Waals surface area contributed by atoms with Crippen molar-refractivity contribution in [1.29, 1.82) is 0 Å².